The second-order valence-corrected chi connectivity index (χ2v) is 8.17. The van der Waals surface area contributed by atoms with Gasteiger partial charge in [-0.3, -0.25) is 0 Å². The number of nitrogens with one attached hydrogen (secondary N) is 1. The van der Waals surface area contributed by atoms with Crippen molar-refractivity contribution in [1.29, 1.82) is 0 Å². The summed E-state index contributed by atoms with van der Waals surface area (Å²) in [6, 6.07) is 10.9. The van der Waals surface area contributed by atoms with Gasteiger partial charge in [0, 0.05) is 7.05 Å². The van der Waals surface area contributed by atoms with Gasteiger partial charge in [-0.15, -0.1) is 0 Å². The molecule has 29 heavy (non-hydrogen) atoms. The average molecular weight is 417 g/mol. The third-order valence-corrected chi connectivity index (χ3v) is 6.15. The first-order valence-corrected chi connectivity index (χ1v) is 9.92. The van der Waals surface area contributed by atoms with Crippen molar-refractivity contribution in [2.75, 3.05) is 21.3 Å². The number of nitrogens with zero attached hydrogens (tertiary/aromatic N) is 2. The second-order valence-electron chi connectivity index (χ2n) is 6.16. The summed E-state index contributed by atoms with van der Waals surface area (Å²) in [7, 11) is -0.481. The Kier molecular flexibility index (Phi) is 5.66. The predicted octanol–water partition coefficient (Wildman–Crippen LogP) is 1.96. The van der Waals surface area contributed by atoms with E-state index in [9.17, 15) is 18.0 Å². The van der Waals surface area contributed by atoms with Crippen LogP contribution in [0, 0.1) is 0 Å². The summed E-state index contributed by atoms with van der Waals surface area (Å²) in [6.07, 6.45) is 0. The molecular weight excluding hydrogens is 398 g/mol. The van der Waals surface area contributed by atoms with Crippen molar-refractivity contribution < 1.29 is 27.5 Å². The first-order valence-electron chi connectivity index (χ1n) is 8.48. The minimum atomic E-state index is -4.16. The van der Waals surface area contributed by atoms with E-state index in [1.54, 1.807) is 6.07 Å². The van der Waals surface area contributed by atoms with Crippen LogP contribution < -0.4 is 0 Å². The largest absolute Gasteiger partial charge is 0.465 e. The Balaban J connectivity index is 2.01. The SMILES string of the molecule is COC(=O)c1ccc(C(=O)OC)c(S(=O)(=O)N(C)Cc2nc3ccccc3[nH]2)c1. The Hall–Kier alpha value is -3.24. The summed E-state index contributed by atoms with van der Waals surface area (Å²) >= 11 is 0. The van der Waals surface area contributed by atoms with Crippen molar-refractivity contribution in [2.24, 2.45) is 0 Å². The van der Waals surface area contributed by atoms with Gasteiger partial charge in [-0.05, 0) is 30.3 Å². The molecule has 0 saturated carbocycles. The van der Waals surface area contributed by atoms with Crippen LogP contribution in [0.1, 0.15) is 26.5 Å². The number of imidazole rings is 1. The predicted molar refractivity (Wildman–Crippen MR) is 104 cm³/mol. The number of fused-ring (bicyclic) bond motifs is 1. The lowest BCUT2D eigenvalue weighted by Gasteiger charge is -2.18. The van der Waals surface area contributed by atoms with E-state index in [4.69, 9.17) is 0 Å². The topological polar surface area (TPSA) is 119 Å². The molecule has 0 fully saturated rings. The standard InChI is InChI=1S/C19H19N3O6S/c1-22(11-17-20-14-6-4-5-7-15(14)21-17)29(25,26)16-10-12(18(23)27-2)8-9-13(16)19(24)28-3/h4-10H,11H2,1-3H3,(H,20,21). The highest BCUT2D eigenvalue weighted by atomic mass is 32.2. The van der Waals surface area contributed by atoms with Gasteiger partial charge < -0.3 is 14.5 Å². The van der Waals surface area contributed by atoms with Gasteiger partial charge in [0.25, 0.3) is 0 Å². The van der Waals surface area contributed by atoms with Crippen molar-refractivity contribution in [3.8, 4) is 0 Å². The molecular formula is C19H19N3O6S. The molecule has 3 aromatic rings. The number of esters is 2. The molecule has 0 aliphatic heterocycles. The van der Waals surface area contributed by atoms with Gasteiger partial charge in [0.1, 0.15) is 5.82 Å². The highest BCUT2D eigenvalue weighted by Gasteiger charge is 2.29. The second kappa shape index (κ2) is 8.02. The number of carbonyl (C=O) groups excluding carboxylic acids is 2. The molecule has 1 heterocycles. The molecule has 10 heteroatoms. The minimum absolute atomic E-state index is 0.00383. The number of methoxy groups -OCH3 is 2. The van der Waals surface area contributed by atoms with Crippen LogP contribution in [-0.4, -0.2) is 55.9 Å². The van der Waals surface area contributed by atoms with Crippen molar-refractivity contribution in [2.45, 2.75) is 11.4 Å². The number of H-pyrrole nitrogens is 1. The van der Waals surface area contributed by atoms with E-state index >= 15 is 0 Å². The molecule has 0 aliphatic rings. The maximum absolute atomic E-state index is 13.2. The quantitative estimate of drug-likeness (QED) is 0.609. The van der Waals surface area contributed by atoms with Gasteiger partial charge in [0.2, 0.25) is 10.0 Å². The van der Waals surface area contributed by atoms with E-state index in [0.717, 1.165) is 23.0 Å². The van der Waals surface area contributed by atoms with Crippen LogP contribution in [0.5, 0.6) is 0 Å². The fourth-order valence-corrected chi connectivity index (χ4v) is 4.14. The number of benzene rings is 2. The van der Waals surface area contributed by atoms with E-state index in [1.807, 2.05) is 18.2 Å². The maximum atomic E-state index is 13.2. The number of rotatable bonds is 6. The summed E-state index contributed by atoms with van der Waals surface area (Å²) < 4.78 is 36.7. The summed E-state index contributed by atoms with van der Waals surface area (Å²) in [4.78, 5) is 31.0. The zero-order chi connectivity index (χ0) is 21.2. The molecule has 0 amide bonds. The van der Waals surface area contributed by atoms with E-state index in [1.165, 1.54) is 26.3 Å². The lowest BCUT2D eigenvalue weighted by Crippen LogP contribution is -2.29. The lowest BCUT2D eigenvalue weighted by atomic mass is 10.1. The number of aromatic nitrogens is 2. The summed E-state index contributed by atoms with van der Waals surface area (Å²) in [5, 5.41) is 0. The number of para-hydroxylation sites is 2. The number of sulfonamides is 1. The van der Waals surface area contributed by atoms with Crippen LogP contribution in [0.3, 0.4) is 0 Å². The maximum Gasteiger partial charge on any atom is 0.339 e. The number of carbonyl (C=O) groups is 2. The summed E-state index contributed by atoms with van der Waals surface area (Å²) in [5.41, 5.74) is 1.29. The molecule has 0 spiro atoms. The average Bonchev–Trinajstić information content (AvgIpc) is 3.14. The fourth-order valence-electron chi connectivity index (χ4n) is 2.80. The Morgan fingerprint density at radius 2 is 1.76 bits per heavy atom. The molecule has 0 radical (unpaired) electrons. The monoisotopic (exact) mass is 417 g/mol. The summed E-state index contributed by atoms with van der Waals surface area (Å²) in [5.74, 6) is -1.13. The Labute approximate surface area is 167 Å². The van der Waals surface area contributed by atoms with E-state index in [-0.39, 0.29) is 22.6 Å². The third-order valence-electron chi connectivity index (χ3n) is 4.31. The van der Waals surface area contributed by atoms with Gasteiger partial charge in [0.15, 0.2) is 0 Å². The fraction of sp³-hybridized carbons (Fsp3) is 0.211. The van der Waals surface area contributed by atoms with E-state index in [0.29, 0.717) is 11.3 Å². The normalized spacial score (nSPS) is 11.6. The van der Waals surface area contributed by atoms with Crippen molar-refractivity contribution in [3.63, 3.8) is 0 Å². The van der Waals surface area contributed by atoms with Crippen LogP contribution in [-0.2, 0) is 26.0 Å². The zero-order valence-electron chi connectivity index (χ0n) is 16.0. The number of hydrogen-bond donors (Lipinski definition) is 1. The highest BCUT2D eigenvalue weighted by Crippen LogP contribution is 2.24. The van der Waals surface area contributed by atoms with Crippen LogP contribution in [0.4, 0.5) is 0 Å². The molecule has 0 bridgehead atoms. The molecule has 152 valence electrons. The minimum Gasteiger partial charge on any atom is -0.465 e. The van der Waals surface area contributed by atoms with E-state index in [2.05, 4.69) is 19.4 Å². The number of aromatic amines is 1. The van der Waals surface area contributed by atoms with Crippen LogP contribution in [0.25, 0.3) is 11.0 Å². The van der Waals surface area contributed by atoms with Gasteiger partial charge in [-0.1, -0.05) is 12.1 Å². The van der Waals surface area contributed by atoms with Crippen molar-refractivity contribution in [3.05, 3.63) is 59.4 Å². The van der Waals surface area contributed by atoms with E-state index < -0.39 is 22.0 Å². The Morgan fingerprint density at radius 3 is 2.41 bits per heavy atom. The number of ether oxygens (including phenoxy) is 2. The van der Waals surface area contributed by atoms with Gasteiger partial charge in [0.05, 0.1) is 47.8 Å². The molecule has 1 aromatic heterocycles. The molecule has 2 aromatic carbocycles. The Morgan fingerprint density at radius 1 is 1.07 bits per heavy atom. The third kappa shape index (κ3) is 3.98. The van der Waals surface area contributed by atoms with Crippen LogP contribution >= 0.6 is 0 Å². The molecule has 0 unspecified atom stereocenters. The Bertz CT molecular complexity index is 1150. The zero-order valence-corrected chi connectivity index (χ0v) is 16.8. The van der Waals surface area contributed by atoms with Gasteiger partial charge >= 0.3 is 11.9 Å². The first kappa shape index (κ1) is 20.5. The number of hydrogen-bond acceptors (Lipinski definition) is 7. The molecule has 1 N–H and O–H groups in total. The highest BCUT2D eigenvalue weighted by molar-refractivity contribution is 7.89. The van der Waals surface area contributed by atoms with Crippen molar-refractivity contribution >= 4 is 33.0 Å². The first-order chi connectivity index (χ1) is 13.8. The molecule has 0 saturated heterocycles. The lowest BCUT2D eigenvalue weighted by molar-refractivity contribution is 0.0583. The van der Waals surface area contributed by atoms with Gasteiger partial charge in [-0.25, -0.2) is 23.0 Å². The molecule has 9 nitrogen and oxygen atoms in total. The van der Waals surface area contributed by atoms with Crippen LogP contribution in [0.2, 0.25) is 0 Å². The van der Waals surface area contributed by atoms with Crippen molar-refractivity contribution in [1.82, 2.24) is 14.3 Å². The smallest absolute Gasteiger partial charge is 0.339 e. The van der Waals surface area contributed by atoms with Gasteiger partial charge in [-0.2, -0.15) is 4.31 Å². The molecule has 3 rings (SSSR count). The molecule has 0 atom stereocenters. The molecule has 0 aliphatic carbocycles. The summed E-state index contributed by atoms with van der Waals surface area (Å²) in [6.45, 7) is -0.0694. The van der Waals surface area contributed by atoms with Crippen LogP contribution in [0.15, 0.2) is 47.4 Å².